The SMILES string of the molecule is C=C(C)C(=O)O.C=C(C)C(=O)OC.C=Cc1ccccc1.N. The van der Waals surface area contributed by atoms with Crippen LogP contribution in [0.1, 0.15) is 19.4 Å². The minimum atomic E-state index is -0.935. The van der Waals surface area contributed by atoms with Crippen LogP contribution in [-0.2, 0) is 14.3 Å². The Morgan fingerprint density at radius 2 is 1.50 bits per heavy atom. The molecule has 0 aliphatic heterocycles. The molecule has 0 amide bonds. The first kappa shape index (κ1) is 24.4. The summed E-state index contributed by atoms with van der Waals surface area (Å²) in [6.07, 6.45) is 1.83. The highest BCUT2D eigenvalue weighted by atomic mass is 16.5. The van der Waals surface area contributed by atoms with Crippen LogP contribution in [0.15, 0.2) is 61.2 Å². The summed E-state index contributed by atoms with van der Waals surface area (Å²) in [5.41, 5.74) is 1.78. The van der Waals surface area contributed by atoms with Gasteiger partial charge in [0.05, 0.1) is 7.11 Å². The van der Waals surface area contributed by atoms with Gasteiger partial charge in [-0.15, -0.1) is 0 Å². The van der Waals surface area contributed by atoms with Gasteiger partial charge >= 0.3 is 11.9 Å². The number of carbonyl (C=O) groups is 2. The molecular weight excluding hydrogens is 282 g/mol. The van der Waals surface area contributed by atoms with E-state index in [1.165, 1.54) is 19.6 Å². The van der Waals surface area contributed by atoms with E-state index in [0.717, 1.165) is 0 Å². The van der Waals surface area contributed by atoms with E-state index in [1.807, 2.05) is 36.4 Å². The Morgan fingerprint density at radius 3 is 1.64 bits per heavy atom. The molecule has 0 aliphatic carbocycles. The average Bonchev–Trinajstić information content (AvgIpc) is 2.48. The lowest BCUT2D eigenvalue weighted by Crippen LogP contribution is -1.98. The predicted octanol–water partition coefficient (Wildman–Crippen LogP) is 3.87. The molecule has 0 heterocycles. The number of hydrogen-bond acceptors (Lipinski definition) is 4. The van der Waals surface area contributed by atoms with Gasteiger partial charge in [0.1, 0.15) is 0 Å². The van der Waals surface area contributed by atoms with Crippen LogP contribution >= 0.6 is 0 Å². The summed E-state index contributed by atoms with van der Waals surface area (Å²) < 4.78 is 4.27. The highest BCUT2D eigenvalue weighted by Gasteiger charge is 1.95. The van der Waals surface area contributed by atoms with Gasteiger partial charge in [-0.2, -0.15) is 0 Å². The zero-order valence-corrected chi connectivity index (χ0v) is 13.5. The van der Waals surface area contributed by atoms with Gasteiger partial charge in [-0.05, 0) is 19.4 Å². The lowest BCUT2D eigenvalue weighted by molar-refractivity contribution is -0.136. The molecule has 0 fully saturated rings. The summed E-state index contributed by atoms with van der Waals surface area (Å²) in [6.45, 7) is 13.2. The fraction of sp³-hybridized carbons (Fsp3) is 0.176. The third kappa shape index (κ3) is 15.4. The summed E-state index contributed by atoms with van der Waals surface area (Å²) in [7, 11) is 1.33. The van der Waals surface area contributed by atoms with Crippen molar-refractivity contribution in [2.75, 3.05) is 7.11 Å². The zero-order valence-electron chi connectivity index (χ0n) is 13.5. The smallest absolute Gasteiger partial charge is 0.332 e. The molecular formula is C17H25NO4. The number of hydrogen-bond donors (Lipinski definition) is 2. The Bertz CT molecular complexity index is 481. The molecule has 1 rings (SSSR count). The molecule has 0 bridgehead atoms. The normalized spacial score (nSPS) is 7.59. The first-order valence-corrected chi connectivity index (χ1v) is 6.06. The van der Waals surface area contributed by atoms with Crippen molar-refractivity contribution in [3.8, 4) is 0 Å². The Hall–Kier alpha value is -2.66. The van der Waals surface area contributed by atoms with E-state index in [0.29, 0.717) is 5.57 Å². The second kappa shape index (κ2) is 14.7. The van der Waals surface area contributed by atoms with Crippen LogP contribution in [0.4, 0.5) is 0 Å². The summed E-state index contributed by atoms with van der Waals surface area (Å²) in [5.74, 6) is -1.28. The Balaban J connectivity index is -0.000000244. The summed E-state index contributed by atoms with van der Waals surface area (Å²) in [5, 5.41) is 7.89. The van der Waals surface area contributed by atoms with Gasteiger partial charge in [-0.1, -0.05) is 56.1 Å². The van der Waals surface area contributed by atoms with Crippen LogP contribution in [0.3, 0.4) is 0 Å². The second-order valence-corrected chi connectivity index (χ2v) is 3.97. The fourth-order valence-corrected chi connectivity index (χ4v) is 0.763. The molecule has 1 aromatic carbocycles. The zero-order chi connectivity index (χ0) is 16.8. The molecule has 22 heavy (non-hydrogen) atoms. The molecule has 0 aliphatic rings. The molecule has 0 aromatic heterocycles. The molecule has 5 nitrogen and oxygen atoms in total. The van der Waals surface area contributed by atoms with Crippen molar-refractivity contribution in [1.82, 2.24) is 6.15 Å². The van der Waals surface area contributed by atoms with Gasteiger partial charge < -0.3 is 16.0 Å². The maximum absolute atomic E-state index is 10.2. The number of rotatable bonds is 3. The highest BCUT2D eigenvalue weighted by Crippen LogP contribution is 1.97. The summed E-state index contributed by atoms with van der Waals surface area (Å²) in [6, 6.07) is 10.0. The number of esters is 1. The van der Waals surface area contributed by atoms with Crippen molar-refractivity contribution in [2.24, 2.45) is 0 Å². The van der Waals surface area contributed by atoms with Gasteiger partial charge in [0, 0.05) is 11.1 Å². The van der Waals surface area contributed by atoms with E-state index in [-0.39, 0.29) is 17.7 Å². The second-order valence-electron chi connectivity index (χ2n) is 3.97. The van der Waals surface area contributed by atoms with E-state index in [4.69, 9.17) is 5.11 Å². The van der Waals surface area contributed by atoms with Crippen molar-refractivity contribution in [3.05, 3.63) is 66.8 Å². The molecule has 0 saturated carbocycles. The van der Waals surface area contributed by atoms with Gasteiger partial charge in [0.15, 0.2) is 0 Å². The van der Waals surface area contributed by atoms with Gasteiger partial charge in [-0.3, -0.25) is 0 Å². The monoisotopic (exact) mass is 307 g/mol. The molecule has 5 heteroatoms. The van der Waals surface area contributed by atoms with Crippen LogP contribution in [0.25, 0.3) is 6.08 Å². The van der Waals surface area contributed by atoms with Crippen LogP contribution in [0.5, 0.6) is 0 Å². The van der Waals surface area contributed by atoms with Crippen LogP contribution in [0, 0.1) is 0 Å². The van der Waals surface area contributed by atoms with Crippen molar-refractivity contribution in [3.63, 3.8) is 0 Å². The minimum absolute atomic E-state index is 0. The molecule has 0 spiro atoms. The Kier molecular flexibility index (Phi) is 16.3. The molecule has 1 aromatic rings. The van der Waals surface area contributed by atoms with Crippen molar-refractivity contribution in [2.45, 2.75) is 13.8 Å². The maximum Gasteiger partial charge on any atom is 0.332 e. The largest absolute Gasteiger partial charge is 0.478 e. The first-order valence-electron chi connectivity index (χ1n) is 6.06. The number of methoxy groups -OCH3 is 1. The van der Waals surface area contributed by atoms with Crippen molar-refractivity contribution >= 4 is 18.0 Å². The lowest BCUT2D eigenvalue weighted by Gasteiger charge is -1.91. The number of carbonyl (C=O) groups excluding carboxylic acids is 1. The standard InChI is InChI=1S/C8H8.C5H8O2.C4H6O2.H3N/c1-2-8-6-4-3-5-7-8;1-4(2)5(6)7-3;1-3(2)4(5)6;/h2-7H,1H2;1H2,2-3H3;1H2,2H3,(H,5,6);1H3. The quantitative estimate of drug-likeness (QED) is 0.652. The number of benzene rings is 1. The van der Waals surface area contributed by atoms with Crippen LogP contribution in [-0.4, -0.2) is 24.2 Å². The summed E-state index contributed by atoms with van der Waals surface area (Å²) in [4.78, 5) is 19.8. The molecule has 0 radical (unpaired) electrons. The first-order chi connectivity index (χ1) is 9.76. The fourth-order valence-electron chi connectivity index (χ4n) is 0.763. The van der Waals surface area contributed by atoms with Gasteiger partial charge in [0.2, 0.25) is 0 Å². The molecule has 0 saturated heterocycles. The Labute approximate surface area is 132 Å². The van der Waals surface area contributed by atoms with E-state index < -0.39 is 5.97 Å². The predicted molar refractivity (Wildman–Crippen MR) is 90.8 cm³/mol. The number of carboxylic acids is 1. The molecule has 0 atom stereocenters. The van der Waals surface area contributed by atoms with Crippen molar-refractivity contribution < 1.29 is 19.4 Å². The summed E-state index contributed by atoms with van der Waals surface area (Å²) >= 11 is 0. The van der Waals surface area contributed by atoms with E-state index in [9.17, 15) is 9.59 Å². The third-order valence-electron chi connectivity index (χ3n) is 1.93. The number of carboxylic acid groups (broad SMARTS) is 1. The Morgan fingerprint density at radius 1 is 1.09 bits per heavy atom. The van der Waals surface area contributed by atoms with Crippen molar-refractivity contribution in [1.29, 1.82) is 0 Å². The lowest BCUT2D eigenvalue weighted by atomic mass is 10.2. The molecule has 122 valence electrons. The van der Waals surface area contributed by atoms with E-state index in [2.05, 4.69) is 24.5 Å². The minimum Gasteiger partial charge on any atom is -0.478 e. The van der Waals surface area contributed by atoms with E-state index >= 15 is 0 Å². The highest BCUT2D eigenvalue weighted by molar-refractivity contribution is 5.86. The average molecular weight is 307 g/mol. The number of aliphatic carboxylic acids is 1. The molecule has 0 unspecified atom stereocenters. The maximum atomic E-state index is 10.2. The molecule has 4 N–H and O–H groups in total. The van der Waals surface area contributed by atoms with Gasteiger partial charge in [0.25, 0.3) is 0 Å². The van der Waals surface area contributed by atoms with Crippen LogP contribution < -0.4 is 6.15 Å². The third-order valence-corrected chi connectivity index (χ3v) is 1.93. The van der Waals surface area contributed by atoms with E-state index in [1.54, 1.807) is 6.92 Å². The van der Waals surface area contributed by atoms with Crippen LogP contribution in [0.2, 0.25) is 0 Å². The number of ether oxygens (including phenoxy) is 1. The topological polar surface area (TPSA) is 98.6 Å². The van der Waals surface area contributed by atoms with Gasteiger partial charge in [-0.25, -0.2) is 9.59 Å².